The summed E-state index contributed by atoms with van der Waals surface area (Å²) in [5.74, 6) is 2.41. The third-order valence-corrected chi connectivity index (χ3v) is 3.97. The SMILES string of the molecule is CCOc1oc(-c2cc(OC)cc(OC)c2)c2c1C(=O)CCC2. The molecule has 0 saturated heterocycles. The Hall–Kier alpha value is -2.43. The third-order valence-electron chi connectivity index (χ3n) is 3.97. The van der Waals surface area contributed by atoms with Gasteiger partial charge in [0, 0.05) is 23.6 Å². The fraction of sp³-hybridized carbons (Fsp3) is 0.389. The van der Waals surface area contributed by atoms with Crippen molar-refractivity contribution in [1.82, 2.24) is 0 Å². The zero-order chi connectivity index (χ0) is 16.4. The number of fused-ring (bicyclic) bond motifs is 1. The number of ketones is 1. The Balaban J connectivity index is 2.17. The van der Waals surface area contributed by atoms with Gasteiger partial charge in [0.15, 0.2) is 5.78 Å². The standard InChI is InChI=1S/C18H20O5/c1-4-22-18-16-14(6-5-7-15(16)19)17(23-18)11-8-12(20-2)10-13(9-11)21-3/h8-10H,4-7H2,1-3H3. The molecule has 0 N–H and O–H groups in total. The van der Waals surface area contributed by atoms with E-state index in [2.05, 4.69) is 0 Å². The van der Waals surface area contributed by atoms with Gasteiger partial charge in [-0.15, -0.1) is 0 Å². The van der Waals surface area contributed by atoms with Crippen LogP contribution in [0.5, 0.6) is 17.4 Å². The molecule has 0 amide bonds. The Labute approximate surface area is 135 Å². The lowest BCUT2D eigenvalue weighted by Crippen LogP contribution is -2.10. The molecule has 1 aliphatic carbocycles. The van der Waals surface area contributed by atoms with Gasteiger partial charge in [-0.25, -0.2) is 0 Å². The second-order valence-electron chi connectivity index (χ2n) is 5.38. The highest BCUT2D eigenvalue weighted by Crippen LogP contribution is 2.42. The molecule has 3 rings (SSSR count). The molecule has 0 saturated carbocycles. The molecule has 5 nitrogen and oxygen atoms in total. The van der Waals surface area contributed by atoms with Crippen molar-refractivity contribution in [3.63, 3.8) is 0 Å². The first-order valence-corrected chi connectivity index (χ1v) is 7.73. The third kappa shape index (κ3) is 2.79. The van der Waals surface area contributed by atoms with Gasteiger partial charge in [0.2, 0.25) is 0 Å². The number of Topliss-reactive ketones (excluding diaryl/α,β-unsaturated/α-hetero) is 1. The van der Waals surface area contributed by atoms with Gasteiger partial charge in [-0.05, 0) is 31.9 Å². The van der Waals surface area contributed by atoms with Crippen molar-refractivity contribution in [1.29, 1.82) is 0 Å². The number of hydrogen-bond acceptors (Lipinski definition) is 5. The Morgan fingerprint density at radius 3 is 2.39 bits per heavy atom. The zero-order valence-electron chi connectivity index (χ0n) is 13.6. The molecule has 23 heavy (non-hydrogen) atoms. The van der Waals surface area contributed by atoms with Crippen molar-refractivity contribution in [3.8, 4) is 28.8 Å². The largest absolute Gasteiger partial charge is 0.497 e. The first-order chi connectivity index (χ1) is 11.2. The smallest absolute Gasteiger partial charge is 0.296 e. The monoisotopic (exact) mass is 316 g/mol. The van der Waals surface area contributed by atoms with Gasteiger partial charge < -0.3 is 18.6 Å². The molecule has 0 radical (unpaired) electrons. The molecule has 0 spiro atoms. The van der Waals surface area contributed by atoms with Crippen LogP contribution in [0.2, 0.25) is 0 Å². The Bertz CT molecular complexity index is 707. The van der Waals surface area contributed by atoms with Gasteiger partial charge in [-0.1, -0.05) is 0 Å². The van der Waals surface area contributed by atoms with Gasteiger partial charge in [-0.3, -0.25) is 4.79 Å². The van der Waals surface area contributed by atoms with Crippen LogP contribution in [0.3, 0.4) is 0 Å². The van der Waals surface area contributed by atoms with Crippen molar-refractivity contribution in [2.24, 2.45) is 0 Å². The van der Waals surface area contributed by atoms with E-state index < -0.39 is 0 Å². The lowest BCUT2D eigenvalue weighted by Gasteiger charge is -2.12. The number of carbonyl (C=O) groups excluding carboxylic acids is 1. The van der Waals surface area contributed by atoms with E-state index in [9.17, 15) is 4.79 Å². The molecule has 1 aromatic heterocycles. The van der Waals surface area contributed by atoms with Crippen LogP contribution in [0.4, 0.5) is 0 Å². The van der Waals surface area contributed by atoms with Crippen LogP contribution in [0.1, 0.15) is 35.7 Å². The Morgan fingerprint density at radius 1 is 1.09 bits per heavy atom. The predicted octanol–water partition coefficient (Wildman–Crippen LogP) is 3.88. The average Bonchev–Trinajstić information content (AvgIpc) is 2.95. The first kappa shape index (κ1) is 15.5. The van der Waals surface area contributed by atoms with Crippen molar-refractivity contribution in [3.05, 3.63) is 29.3 Å². The summed E-state index contributed by atoms with van der Waals surface area (Å²) in [6, 6.07) is 5.54. The van der Waals surface area contributed by atoms with Crippen LogP contribution in [-0.2, 0) is 6.42 Å². The second kappa shape index (κ2) is 6.36. The van der Waals surface area contributed by atoms with E-state index in [4.69, 9.17) is 18.6 Å². The number of furan rings is 1. The highest BCUT2D eigenvalue weighted by Gasteiger charge is 2.30. The van der Waals surface area contributed by atoms with E-state index in [0.29, 0.717) is 41.8 Å². The van der Waals surface area contributed by atoms with E-state index in [1.807, 2.05) is 19.1 Å². The van der Waals surface area contributed by atoms with Crippen LogP contribution in [0.25, 0.3) is 11.3 Å². The fourth-order valence-electron chi connectivity index (χ4n) is 2.92. The number of ether oxygens (including phenoxy) is 3. The highest BCUT2D eigenvalue weighted by molar-refractivity contribution is 6.02. The average molecular weight is 316 g/mol. The molecule has 0 fully saturated rings. The van der Waals surface area contributed by atoms with E-state index in [0.717, 1.165) is 24.0 Å². The van der Waals surface area contributed by atoms with Gasteiger partial charge in [0.05, 0.1) is 20.8 Å². The molecule has 1 aromatic carbocycles. The molecule has 1 heterocycles. The zero-order valence-corrected chi connectivity index (χ0v) is 13.6. The van der Waals surface area contributed by atoms with Crippen molar-refractivity contribution >= 4 is 5.78 Å². The molecule has 0 unspecified atom stereocenters. The summed E-state index contributed by atoms with van der Waals surface area (Å²) in [6.07, 6.45) is 2.16. The summed E-state index contributed by atoms with van der Waals surface area (Å²) >= 11 is 0. The molecule has 0 bridgehead atoms. The number of methoxy groups -OCH3 is 2. The van der Waals surface area contributed by atoms with Gasteiger partial charge in [-0.2, -0.15) is 0 Å². The van der Waals surface area contributed by atoms with Gasteiger partial charge >= 0.3 is 0 Å². The lowest BCUT2D eigenvalue weighted by molar-refractivity contribution is 0.0966. The van der Waals surface area contributed by atoms with Crippen molar-refractivity contribution < 1.29 is 23.4 Å². The highest BCUT2D eigenvalue weighted by atomic mass is 16.6. The minimum Gasteiger partial charge on any atom is -0.497 e. The molecule has 2 aromatic rings. The van der Waals surface area contributed by atoms with Gasteiger partial charge in [0.1, 0.15) is 22.8 Å². The number of rotatable bonds is 5. The van der Waals surface area contributed by atoms with Crippen LogP contribution >= 0.6 is 0 Å². The predicted molar refractivity (Wildman–Crippen MR) is 85.7 cm³/mol. The molecule has 122 valence electrons. The van der Waals surface area contributed by atoms with Crippen molar-refractivity contribution in [2.75, 3.05) is 20.8 Å². The van der Waals surface area contributed by atoms with Crippen LogP contribution in [0.15, 0.2) is 22.6 Å². The maximum Gasteiger partial charge on any atom is 0.296 e. The number of carbonyl (C=O) groups is 1. The maximum absolute atomic E-state index is 12.3. The van der Waals surface area contributed by atoms with Crippen LogP contribution in [0, 0.1) is 0 Å². The molecule has 1 aliphatic rings. The fourth-order valence-corrected chi connectivity index (χ4v) is 2.92. The summed E-state index contributed by atoms with van der Waals surface area (Å²) in [7, 11) is 3.20. The topological polar surface area (TPSA) is 57.9 Å². The molecule has 0 aliphatic heterocycles. The second-order valence-corrected chi connectivity index (χ2v) is 5.38. The maximum atomic E-state index is 12.3. The summed E-state index contributed by atoms with van der Waals surface area (Å²) in [4.78, 5) is 12.3. The Kier molecular flexibility index (Phi) is 4.28. The van der Waals surface area contributed by atoms with E-state index in [1.54, 1.807) is 20.3 Å². The Morgan fingerprint density at radius 2 is 1.78 bits per heavy atom. The lowest BCUT2D eigenvalue weighted by atomic mass is 9.90. The summed E-state index contributed by atoms with van der Waals surface area (Å²) in [5.41, 5.74) is 2.33. The molecule has 5 heteroatoms. The minimum absolute atomic E-state index is 0.0829. The quantitative estimate of drug-likeness (QED) is 0.838. The first-order valence-electron chi connectivity index (χ1n) is 7.73. The van der Waals surface area contributed by atoms with E-state index in [1.165, 1.54) is 0 Å². The summed E-state index contributed by atoms with van der Waals surface area (Å²) < 4.78 is 22.1. The molecular formula is C18H20O5. The summed E-state index contributed by atoms with van der Waals surface area (Å²) in [5, 5.41) is 0. The van der Waals surface area contributed by atoms with E-state index >= 15 is 0 Å². The normalized spacial score (nSPS) is 13.6. The summed E-state index contributed by atoms with van der Waals surface area (Å²) in [6.45, 7) is 2.32. The van der Waals surface area contributed by atoms with Crippen LogP contribution in [-0.4, -0.2) is 26.6 Å². The number of benzene rings is 1. The van der Waals surface area contributed by atoms with E-state index in [-0.39, 0.29) is 5.78 Å². The molecule has 0 atom stereocenters. The molecular weight excluding hydrogens is 296 g/mol. The van der Waals surface area contributed by atoms with Crippen LogP contribution < -0.4 is 14.2 Å². The van der Waals surface area contributed by atoms with Crippen molar-refractivity contribution in [2.45, 2.75) is 26.2 Å². The number of hydrogen-bond donors (Lipinski definition) is 0. The minimum atomic E-state index is 0.0829. The van der Waals surface area contributed by atoms with Gasteiger partial charge in [0.25, 0.3) is 5.95 Å².